The number of para-hydroxylation sites is 2. The lowest BCUT2D eigenvalue weighted by molar-refractivity contribution is -0.120. The minimum absolute atomic E-state index is 0.120. The summed E-state index contributed by atoms with van der Waals surface area (Å²) < 4.78 is 10.5. The van der Waals surface area contributed by atoms with Crippen molar-refractivity contribution in [3.63, 3.8) is 0 Å². The van der Waals surface area contributed by atoms with Crippen molar-refractivity contribution in [3.8, 4) is 11.5 Å². The molecule has 3 aromatic rings. The Morgan fingerprint density at radius 2 is 1.84 bits per heavy atom. The number of carbonyl (C=O) groups is 2. The summed E-state index contributed by atoms with van der Waals surface area (Å²) in [6.45, 7) is -0.136. The van der Waals surface area contributed by atoms with Crippen LogP contribution in [0.3, 0.4) is 0 Å². The van der Waals surface area contributed by atoms with Gasteiger partial charge in [-0.15, -0.1) is 11.3 Å². The molecule has 1 N–H and O–H groups in total. The minimum Gasteiger partial charge on any atom is -0.497 e. The number of nitrogens with zero attached hydrogens (tertiary/aromatic N) is 2. The van der Waals surface area contributed by atoms with Gasteiger partial charge in [0.2, 0.25) is 11.8 Å². The molecule has 31 heavy (non-hydrogen) atoms. The number of fused-ring (bicyclic) bond motifs is 1. The monoisotopic (exact) mass is 435 g/mol. The van der Waals surface area contributed by atoms with Crippen LogP contribution in [0.2, 0.25) is 0 Å². The van der Waals surface area contributed by atoms with Crippen molar-refractivity contribution >= 4 is 45.9 Å². The third kappa shape index (κ3) is 4.59. The Morgan fingerprint density at radius 3 is 2.52 bits per heavy atom. The molecule has 2 aromatic carbocycles. The van der Waals surface area contributed by atoms with Crippen LogP contribution in [0.25, 0.3) is 0 Å². The van der Waals surface area contributed by atoms with Gasteiger partial charge in [-0.05, 0) is 23.6 Å². The summed E-state index contributed by atoms with van der Waals surface area (Å²) in [6.07, 6.45) is 0.120. The fourth-order valence-corrected chi connectivity index (χ4v) is 4.04. The van der Waals surface area contributed by atoms with Gasteiger partial charge in [0.05, 0.1) is 37.7 Å². The largest absolute Gasteiger partial charge is 0.497 e. The predicted octanol–water partition coefficient (Wildman–Crippen LogP) is 4.26. The molecular formula is C23H21N3O4S. The molecular weight excluding hydrogens is 414 g/mol. The highest BCUT2D eigenvalue weighted by Gasteiger charge is 2.27. The Labute approximate surface area is 183 Å². The van der Waals surface area contributed by atoms with E-state index in [1.165, 1.54) is 16.2 Å². The van der Waals surface area contributed by atoms with Gasteiger partial charge < -0.3 is 19.7 Å². The summed E-state index contributed by atoms with van der Waals surface area (Å²) in [6, 6.07) is 16.3. The third-order valence-corrected chi connectivity index (χ3v) is 5.71. The number of rotatable bonds is 6. The summed E-state index contributed by atoms with van der Waals surface area (Å²) >= 11 is 1.53. The molecule has 0 bridgehead atoms. The zero-order chi connectivity index (χ0) is 21.8. The number of anilines is 2. The van der Waals surface area contributed by atoms with Crippen LogP contribution < -0.4 is 19.7 Å². The molecule has 0 atom stereocenters. The fourth-order valence-electron chi connectivity index (χ4n) is 3.33. The number of ether oxygens (including phenoxy) is 2. The van der Waals surface area contributed by atoms with Crippen LogP contribution >= 0.6 is 11.3 Å². The van der Waals surface area contributed by atoms with Gasteiger partial charge >= 0.3 is 0 Å². The Morgan fingerprint density at radius 1 is 1.10 bits per heavy atom. The molecule has 0 radical (unpaired) electrons. The normalized spacial score (nSPS) is 13.2. The molecule has 2 heterocycles. The first-order valence-electron chi connectivity index (χ1n) is 9.61. The smallest absolute Gasteiger partial charge is 0.244 e. The third-order valence-electron chi connectivity index (χ3n) is 4.79. The van der Waals surface area contributed by atoms with Crippen LogP contribution in [-0.4, -0.2) is 38.3 Å². The zero-order valence-electron chi connectivity index (χ0n) is 17.1. The van der Waals surface area contributed by atoms with Gasteiger partial charge in [0.25, 0.3) is 0 Å². The van der Waals surface area contributed by atoms with Gasteiger partial charge in [-0.25, -0.2) is 4.99 Å². The lowest BCUT2D eigenvalue weighted by Gasteiger charge is -2.22. The maximum absolute atomic E-state index is 13.1. The Hall–Kier alpha value is -3.65. The molecule has 0 aliphatic carbocycles. The molecule has 1 aliphatic rings. The summed E-state index contributed by atoms with van der Waals surface area (Å²) in [5.74, 6) is 0.591. The van der Waals surface area contributed by atoms with E-state index in [-0.39, 0.29) is 24.8 Å². The lowest BCUT2D eigenvalue weighted by Crippen LogP contribution is -2.38. The number of benzene rings is 2. The van der Waals surface area contributed by atoms with Gasteiger partial charge in [0, 0.05) is 28.8 Å². The Balaban J connectivity index is 1.58. The van der Waals surface area contributed by atoms with Gasteiger partial charge in [0.15, 0.2) is 0 Å². The number of thiophene rings is 1. The summed E-state index contributed by atoms with van der Waals surface area (Å²) in [7, 11) is 3.08. The van der Waals surface area contributed by atoms with Crippen LogP contribution in [0.15, 0.2) is 65.0 Å². The van der Waals surface area contributed by atoms with Crippen molar-refractivity contribution < 1.29 is 19.1 Å². The lowest BCUT2D eigenvalue weighted by atomic mass is 10.2. The van der Waals surface area contributed by atoms with Crippen molar-refractivity contribution in [1.82, 2.24) is 0 Å². The second-order valence-corrected chi connectivity index (χ2v) is 7.78. The van der Waals surface area contributed by atoms with Crippen LogP contribution in [0.5, 0.6) is 11.5 Å². The van der Waals surface area contributed by atoms with Crippen molar-refractivity contribution in [3.05, 3.63) is 64.9 Å². The average Bonchev–Trinajstić information content (AvgIpc) is 3.28. The number of amides is 2. The van der Waals surface area contributed by atoms with E-state index in [1.807, 2.05) is 35.7 Å². The van der Waals surface area contributed by atoms with E-state index in [1.54, 1.807) is 38.5 Å². The first-order valence-corrected chi connectivity index (χ1v) is 10.5. The van der Waals surface area contributed by atoms with Crippen LogP contribution in [0, 0.1) is 0 Å². The molecule has 4 rings (SSSR count). The van der Waals surface area contributed by atoms with Crippen LogP contribution in [0.1, 0.15) is 11.3 Å². The van der Waals surface area contributed by atoms with Gasteiger partial charge in [-0.3, -0.25) is 9.59 Å². The standard InChI is InChI=1S/C23H21N3O4S/c1-29-16-10-15(11-17(12-16)30-2)24-22(27)14-26-20-7-4-3-6-18(20)25-19(13-23(26)28)21-8-5-9-31-21/h3-12H,13-14H2,1-2H3,(H,24,27). The summed E-state index contributed by atoms with van der Waals surface area (Å²) in [5.41, 5.74) is 2.49. The molecule has 0 spiro atoms. The molecule has 0 saturated heterocycles. The second-order valence-electron chi connectivity index (χ2n) is 6.83. The number of hydrogen-bond donors (Lipinski definition) is 1. The number of aliphatic imine (C=N–C) groups is 1. The number of carbonyl (C=O) groups excluding carboxylic acids is 2. The molecule has 0 fully saturated rings. The van der Waals surface area contributed by atoms with Crippen molar-refractivity contribution in [2.45, 2.75) is 6.42 Å². The van der Waals surface area contributed by atoms with Crippen molar-refractivity contribution in [2.75, 3.05) is 31.0 Å². The van der Waals surface area contributed by atoms with Gasteiger partial charge in [-0.2, -0.15) is 0 Å². The topological polar surface area (TPSA) is 80.2 Å². The predicted molar refractivity (Wildman–Crippen MR) is 122 cm³/mol. The van der Waals surface area contributed by atoms with E-state index in [4.69, 9.17) is 14.5 Å². The zero-order valence-corrected chi connectivity index (χ0v) is 17.9. The molecule has 158 valence electrons. The molecule has 7 nitrogen and oxygen atoms in total. The maximum atomic E-state index is 13.1. The van der Waals surface area contributed by atoms with E-state index in [9.17, 15) is 9.59 Å². The van der Waals surface area contributed by atoms with E-state index >= 15 is 0 Å². The minimum atomic E-state index is -0.335. The van der Waals surface area contributed by atoms with Gasteiger partial charge in [-0.1, -0.05) is 18.2 Å². The van der Waals surface area contributed by atoms with Gasteiger partial charge in [0.1, 0.15) is 18.0 Å². The maximum Gasteiger partial charge on any atom is 0.244 e. The van der Waals surface area contributed by atoms with E-state index in [0.29, 0.717) is 34.3 Å². The molecule has 1 aromatic heterocycles. The summed E-state index contributed by atoms with van der Waals surface area (Å²) in [5, 5.41) is 4.77. The first kappa shape index (κ1) is 20.6. The SMILES string of the molecule is COc1cc(NC(=O)CN2C(=O)CC(c3cccs3)=Nc3ccccc32)cc(OC)c1. The second kappa shape index (κ2) is 9.01. The van der Waals surface area contributed by atoms with E-state index < -0.39 is 0 Å². The molecule has 0 saturated carbocycles. The van der Waals surface area contributed by atoms with Crippen molar-refractivity contribution in [2.24, 2.45) is 4.99 Å². The van der Waals surface area contributed by atoms with E-state index in [2.05, 4.69) is 5.32 Å². The average molecular weight is 436 g/mol. The highest BCUT2D eigenvalue weighted by atomic mass is 32.1. The highest BCUT2D eigenvalue weighted by molar-refractivity contribution is 7.12. The molecule has 2 amide bonds. The summed E-state index contributed by atoms with van der Waals surface area (Å²) in [4.78, 5) is 33.1. The fraction of sp³-hybridized carbons (Fsp3) is 0.174. The molecule has 0 unspecified atom stereocenters. The number of nitrogens with one attached hydrogen (secondary N) is 1. The number of hydrogen-bond acceptors (Lipinski definition) is 6. The Bertz CT molecular complexity index is 1120. The van der Waals surface area contributed by atoms with Crippen LogP contribution in [-0.2, 0) is 9.59 Å². The Kier molecular flexibility index (Phi) is 5.99. The van der Waals surface area contributed by atoms with Crippen LogP contribution in [0.4, 0.5) is 17.1 Å². The molecule has 8 heteroatoms. The molecule has 1 aliphatic heterocycles. The quantitative estimate of drug-likeness (QED) is 0.627. The van der Waals surface area contributed by atoms with E-state index in [0.717, 1.165) is 4.88 Å². The number of methoxy groups -OCH3 is 2. The van der Waals surface area contributed by atoms with Crippen molar-refractivity contribution in [1.29, 1.82) is 0 Å². The first-order chi connectivity index (χ1) is 15.1. The highest BCUT2D eigenvalue weighted by Crippen LogP contribution is 2.33.